The third-order valence-electron chi connectivity index (χ3n) is 11.9. The fourth-order valence-corrected chi connectivity index (χ4v) is 8.61. The van der Waals surface area contributed by atoms with Crippen molar-refractivity contribution in [3.05, 3.63) is 216 Å². The van der Waals surface area contributed by atoms with Crippen molar-refractivity contribution in [1.82, 2.24) is 0 Å². The van der Waals surface area contributed by atoms with Crippen LogP contribution in [0.15, 0.2) is 194 Å². The first-order chi connectivity index (χ1) is 29.2. The van der Waals surface area contributed by atoms with Crippen LogP contribution < -0.4 is 9.80 Å². The third kappa shape index (κ3) is 7.46. The van der Waals surface area contributed by atoms with E-state index in [2.05, 4.69) is 245 Å². The van der Waals surface area contributed by atoms with E-state index in [9.17, 15) is 0 Å². The van der Waals surface area contributed by atoms with E-state index in [0.717, 1.165) is 34.1 Å². The molecular formula is C58H52N2. The molecule has 0 bridgehead atoms. The van der Waals surface area contributed by atoms with Gasteiger partial charge in [0.25, 0.3) is 0 Å². The van der Waals surface area contributed by atoms with Crippen molar-refractivity contribution in [3.8, 4) is 22.3 Å². The van der Waals surface area contributed by atoms with Crippen LogP contribution in [0.2, 0.25) is 0 Å². The molecule has 0 unspecified atom stereocenters. The van der Waals surface area contributed by atoms with Gasteiger partial charge < -0.3 is 9.80 Å². The highest BCUT2D eigenvalue weighted by Crippen LogP contribution is 2.48. The summed E-state index contributed by atoms with van der Waals surface area (Å²) in [5.74, 6) is 0.919. The van der Waals surface area contributed by atoms with Crippen molar-refractivity contribution in [1.29, 1.82) is 0 Å². The minimum atomic E-state index is 0.459. The molecule has 2 nitrogen and oxygen atoms in total. The zero-order valence-electron chi connectivity index (χ0n) is 35.5. The predicted molar refractivity (Wildman–Crippen MR) is 259 cm³/mol. The Bertz CT molecular complexity index is 2690. The highest BCUT2D eigenvalue weighted by molar-refractivity contribution is 6.22. The number of aryl methyl sites for hydroxylation is 2. The zero-order valence-corrected chi connectivity index (χ0v) is 35.5. The summed E-state index contributed by atoms with van der Waals surface area (Å²) in [5, 5.41) is 4.88. The van der Waals surface area contributed by atoms with E-state index in [1.807, 2.05) is 0 Å². The number of anilines is 6. The molecule has 9 rings (SSSR count). The van der Waals surface area contributed by atoms with Gasteiger partial charge in [-0.1, -0.05) is 160 Å². The normalized spacial score (nSPS) is 11.5. The van der Waals surface area contributed by atoms with Crippen LogP contribution in [0.1, 0.15) is 61.8 Å². The molecule has 60 heavy (non-hydrogen) atoms. The van der Waals surface area contributed by atoms with Gasteiger partial charge in [-0.2, -0.15) is 0 Å². The maximum Gasteiger partial charge on any atom is 0.0468 e. The highest BCUT2D eigenvalue weighted by Gasteiger charge is 2.22. The molecule has 0 aliphatic heterocycles. The van der Waals surface area contributed by atoms with Gasteiger partial charge in [-0.3, -0.25) is 0 Å². The molecule has 294 valence electrons. The largest absolute Gasteiger partial charge is 0.310 e. The van der Waals surface area contributed by atoms with E-state index in [4.69, 9.17) is 0 Å². The summed E-state index contributed by atoms with van der Waals surface area (Å²) in [7, 11) is 0. The Hall–Kier alpha value is -6.90. The lowest BCUT2D eigenvalue weighted by Gasteiger charge is -2.28. The van der Waals surface area contributed by atoms with Crippen LogP contribution in [-0.2, 0) is 0 Å². The Morgan fingerprint density at radius 3 is 0.950 bits per heavy atom. The highest BCUT2D eigenvalue weighted by atomic mass is 15.1. The number of rotatable bonds is 10. The summed E-state index contributed by atoms with van der Waals surface area (Å²) in [4.78, 5) is 4.78. The molecule has 0 heterocycles. The van der Waals surface area contributed by atoms with E-state index >= 15 is 0 Å². The Labute approximate surface area is 356 Å². The summed E-state index contributed by atoms with van der Waals surface area (Å²) in [5.41, 5.74) is 16.8. The maximum atomic E-state index is 2.42. The second kappa shape index (κ2) is 16.4. The Morgan fingerprint density at radius 2 is 0.617 bits per heavy atom. The monoisotopic (exact) mass is 776 g/mol. The first-order valence-electron chi connectivity index (χ1n) is 21.3. The van der Waals surface area contributed by atoms with Crippen molar-refractivity contribution < 1.29 is 0 Å². The van der Waals surface area contributed by atoms with Gasteiger partial charge in [-0.25, -0.2) is 0 Å². The van der Waals surface area contributed by atoms with E-state index in [-0.39, 0.29) is 0 Å². The van der Waals surface area contributed by atoms with E-state index in [0.29, 0.717) is 11.8 Å². The summed E-state index contributed by atoms with van der Waals surface area (Å²) >= 11 is 0. The SMILES string of the molecule is Cc1ccc(-c2c3ccc(N(c4ccccc4)c4ccc(C(C)C)cc4)cc3c(-c3ccc(C)cc3)c3ccc(N(c4ccccc4)c4ccc(C(C)C)cc4)cc23)cc1. The molecule has 0 atom stereocenters. The molecule has 0 aliphatic rings. The standard InChI is InChI=1S/C58H52N2/c1-39(2)43-25-29-49(30-26-43)59(47-13-9-7-10-14-47)51-33-35-53-55(37-51)57(45-21-17-41(5)18-22-45)54-36-34-52(38-56(54)58(53)46-23-19-42(6)20-24-46)60(48-15-11-8-12-16-48)50-31-27-44(28-32-50)40(3)4/h7-40H,1-6H3. The van der Waals surface area contributed by atoms with Crippen molar-refractivity contribution in [2.24, 2.45) is 0 Å². The number of nitrogens with zero attached hydrogens (tertiary/aromatic N) is 2. The fraction of sp³-hybridized carbons (Fsp3) is 0.138. The number of benzene rings is 9. The van der Waals surface area contributed by atoms with Gasteiger partial charge in [0.2, 0.25) is 0 Å². The summed E-state index contributed by atoms with van der Waals surface area (Å²) in [6, 6.07) is 72.0. The lowest BCUT2D eigenvalue weighted by Crippen LogP contribution is -2.10. The molecule has 9 aromatic carbocycles. The van der Waals surface area contributed by atoms with Gasteiger partial charge in [0.1, 0.15) is 0 Å². The zero-order chi connectivity index (χ0) is 41.3. The first kappa shape index (κ1) is 38.6. The smallest absolute Gasteiger partial charge is 0.0468 e. The second-order valence-corrected chi connectivity index (χ2v) is 16.8. The van der Waals surface area contributed by atoms with Gasteiger partial charge >= 0.3 is 0 Å². The summed E-state index contributed by atoms with van der Waals surface area (Å²) in [6.45, 7) is 13.3. The summed E-state index contributed by atoms with van der Waals surface area (Å²) < 4.78 is 0. The predicted octanol–water partition coefficient (Wildman–Crippen LogP) is 17.1. The van der Waals surface area contributed by atoms with Crippen LogP contribution >= 0.6 is 0 Å². The molecule has 0 fully saturated rings. The molecular weight excluding hydrogens is 725 g/mol. The first-order valence-corrected chi connectivity index (χ1v) is 21.3. The number of hydrogen-bond donors (Lipinski definition) is 0. The average Bonchev–Trinajstić information content (AvgIpc) is 3.28. The molecule has 0 aromatic heterocycles. The lowest BCUT2D eigenvalue weighted by atomic mass is 9.85. The number of fused-ring (bicyclic) bond motifs is 2. The Kier molecular flexibility index (Phi) is 10.5. The molecule has 0 N–H and O–H groups in total. The molecule has 9 aromatic rings. The van der Waals surface area contributed by atoms with Crippen molar-refractivity contribution in [3.63, 3.8) is 0 Å². The van der Waals surface area contributed by atoms with Crippen molar-refractivity contribution in [2.45, 2.75) is 53.4 Å². The van der Waals surface area contributed by atoms with E-state index in [1.54, 1.807) is 0 Å². The van der Waals surface area contributed by atoms with Gasteiger partial charge in [-0.15, -0.1) is 0 Å². The molecule has 0 amide bonds. The van der Waals surface area contributed by atoms with Crippen LogP contribution in [0.3, 0.4) is 0 Å². The van der Waals surface area contributed by atoms with Crippen molar-refractivity contribution in [2.75, 3.05) is 9.80 Å². The molecule has 0 aliphatic carbocycles. The van der Waals surface area contributed by atoms with Crippen LogP contribution in [0, 0.1) is 13.8 Å². The quantitative estimate of drug-likeness (QED) is 0.128. The van der Waals surface area contributed by atoms with Crippen molar-refractivity contribution >= 4 is 55.7 Å². The third-order valence-corrected chi connectivity index (χ3v) is 11.9. The maximum absolute atomic E-state index is 2.42. The molecule has 0 saturated heterocycles. The minimum absolute atomic E-state index is 0.459. The van der Waals surface area contributed by atoms with E-state index < -0.39 is 0 Å². The Morgan fingerprint density at radius 1 is 0.300 bits per heavy atom. The fourth-order valence-electron chi connectivity index (χ4n) is 8.61. The molecule has 0 saturated carbocycles. The Balaban J connectivity index is 1.35. The molecule has 0 spiro atoms. The lowest BCUT2D eigenvalue weighted by molar-refractivity contribution is 0.866. The number of hydrogen-bond acceptors (Lipinski definition) is 2. The van der Waals surface area contributed by atoms with Gasteiger partial charge in [0, 0.05) is 34.1 Å². The van der Waals surface area contributed by atoms with Crippen LogP contribution in [0.5, 0.6) is 0 Å². The topological polar surface area (TPSA) is 6.48 Å². The molecule has 0 radical (unpaired) electrons. The minimum Gasteiger partial charge on any atom is -0.310 e. The summed E-state index contributed by atoms with van der Waals surface area (Å²) in [6.07, 6.45) is 0. The van der Waals surface area contributed by atoms with Crippen LogP contribution in [-0.4, -0.2) is 0 Å². The van der Waals surface area contributed by atoms with Crippen LogP contribution in [0.25, 0.3) is 43.8 Å². The average molecular weight is 777 g/mol. The second-order valence-electron chi connectivity index (χ2n) is 16.8. The molecule has 2 heteroatoms. The van der Waals surface area contributed by atoms with Gasteiger partial charge in [0.05, 0.1) is 0 Å². The van der Waals surface area contributed by atoms with Crippen LogP contribution in [0.4, 0.5) is 34.1 Å². The van der Waals surface area contributed by atoms with Gasteiger partial charge in [-0.05, 0) is 153 Å². The van der Waals surface area contributed by atoms with Gasteiger partial charge in [0.15, 0.2) is 0 Å². The number of para-hydroxylation sites is 2. The van der Waals surface area contributed by atoms with E-state index in [1.165, 1.54) is 66.1 Å².